The third-order valence-electron chi connectivity index (χ3n) is 4.98. The van der Waals surface area contributed by atoms with Crippen LogP contribution in [-0.2, 0) is 25.7 Å². The summed E-state index contributed by atoms with van der Waals surface area (Å²) in [4.78, 5) is 35.9. The highest BCUT2D eigenvalue weighted by molar-refractivity contribution is 5.78. The van der Waals surface area contributed by atoms with Crippen LogP contribution in [0.25, 0.3) is 0 Å². The predicted molar refractivity (Wildman–Crippen MR) is 122 cm³/mol. The number of aryl methyl sites for hydroxylation is 1. The molecule has 1 atom stereocenters. The van der Waals surface area contributed by atoms with E-state index in [9.17, 15) is 14.4 Å². The maximum atomic E-state index is 12.5. The number of benzene rings is 2. The molecule has 0 spiro atoms. The van der Waals surface area contributed by atoms with E-state index < -0.39 is 12.1 Å². The summed E-state index contributed by atoms with van der Waals surface area (Å²) in [7, 11) is 1.37. The Morgan fingerprint density at radius 2 is 1.66 bits per heavy atom. The topological polar surface area (TPSA) is 93.7 Å². The molecule has 32 heavy (non-hydrogen) atoms. The van der Waals surface area contributed by atoms with Crippen LogP contribution in [0.2, 0.25) is 0 Å². The molecule has 2 rings (SSSR count). The molecule has 0 saturated carbocycles. The molecular formula is C25H32N2O5. The highest BCUT2D eigenvalue weighted by atomic mass is 16.5. The molecule has 0 aromatic heterocycles. The summed E-state index contributed by atoms with van der Waals surface area (Å²) < 4.78 is 9.93. The van der Waals surface area contributed by atoms with Gasteiger partial charge in [0, 0.05) is 13.0 Å². The SMILES string of the molecule is COC(=O)CCCCCNC(=O)CC(NC(=O)OCc1ccccc1)c1ccc(C)cc1. The zero-order valence-electron chi connectivity index (χ0n) is 18.8. The summed E-state index contributed by atoms with van der Waals surface area (Å²) in [5.41, 5.74) is 2.82. The first kappa shape index (κ1) is 24.9. The molecule has 172 valence electrons. The van der Waals surface area contributed by atoms with Gasteiger partial charge in [-0.1, -0.05) is 66.6 Å². The molecule has 7 heteroatoms. The molecule has 2 aromatic carbocycles. The van der Waals surface area contributed by atoms with Gasteiger partial charge < -0.3 is 20.1 Å². The van der Waals surface area contributed by atoms with E-state index in [1.54, 1.807) is 0 Å². The van der Waals surface area contributed by atoms with Crippen LogP contribution in [0.3, 0.4) is 0 Å². The monoisotopic (exact) mass is 440 g/mol. The second-order valence-electron chi connectivity index (χ2n) is 7.61. The molecule has 0 fully saturated rings. The normalized spacial score (nSPS) is 11.3. The molecule has 0 aliphatic heterocycles. The minimum atomic E-state index is -0.574. The molecule has 0 saturated heterocycles. The van der Waals surface area contributed by atoms with Crippen LogP contribution in [-0.4, -0.2) is 31.6 Å². The van der Waals surface area contributed by atoms with Crippen molar-refractivity contribution in [2.45, 2.75) is 51.7 Å². The molecule has 2 aromatic rings. The van der Waals surface area contributed by atoms with Gasteiger partial charge in [-0.15, -0.1) is 0 Å². The van der Waals surface area contributed by atoms with E-state index in [1.165, 1.54) is 7.11 Å². The van der Waals surface area contributed by atoms with E-state index in [0.717, 1.165) is 36.0 Å². The van der Waals surface area contributed by atoms with Crippen molar-refractivity contribution in [1.29, 1.82) is 0 Å². The van der Waals surface area contributed by atoms with Crippen molar-refractivity contribution in [2.24, 2.45) is 0 Å². The number of methoxy groups -OCH3 is 1. The van der Waals surface area contributed by atoms with Crippen LogP contribution in [0, 0.1) is 6.92 Å². The third-order valence-corrected chi connectivity index (χ3v) is 4.98. The lowest BCUT2D eigenvalue weighted by molar-refractivity contribution is -0.140. The zero-order valence-corrected chi connectivity index (χ0v) is 18.8. The summed E-state index contributed by atoms with van der Waals surface area (Å²) in [5.74, 6) is -0.382. The van der Waals surface area contributed by atoms with E-state index in [4.69, 9.17) is 4.74 Å². The summed E-state index contributed by atoms with van der Waals surface area (Å²) in [6.45, 7) is 2.65. The van der Waals surface area contributed by atoms with Crippen LogP contribution < -0.4 is 10.6 Å². The number of carbonyl (C=O) groups is 3. The molecule has 0 aliphatic rings. The van der Waals surface area contributed by atoms with Gasteiger partial charge in [0.15, 0.2) is 0 Å². The molecule has 2 N–H and O–H groups in total. The molecule has 7 nitrogen and oxygen atoms in total. The van der Waals surface area contributed by atoms with Crippen molar-refractivity contribution in [3.63, 3.8) is 0 Å². The Bertz CT molecular complexity index is 852. The van der Waals surface area contributed by atoms with E-state index >= 15 is 0 Å². The molecule has 0 aliphatic carbocycles. The summed E-state index contributed by atoms with van der Waals surface area (Å²) in [6.07, 6.45) is 2.23. The second kappa shape index (κ2) is 13.9. The molecule has 0 bridgehead atoms. The van der Waals surface area contributed by atoms with Gasteiger partial charge in [-0.25, -0.2) is 4.79 Å². The summed E-state index contributed by atoms with van der Waals surface area (Å²) in [5, 5.41) is 5.69. The Morgan fingerprint density at radius 1 is 0.938 bits per heavy atom. The Morgan fingerprint density at radius 3 is 2.34 bits per heavy atom. The molecule has 2 amide bonds. The Hall–Kier alpha value is -3.35. The number of nitrogens with one attached hydrogen (secondary N) is 2. The Balaban J connectivity index is 1.83. The summed E-state index contributed by atoms with van der Waals surface area (Å²) >= 11 is 0. The lowest BCUT2D eigenvalue weighted by Gasteiger charge is -2.19. The molecule has 0 radical (unpaired) electrons. The largest absolute Gasteiger partial charge is 0.469 e. The number of rotatable bonds is 12. The first-order valence-corrected chi connectivity index (χ1v) is 10.8. The molecule has 0 heterocycles. The van der Waals surface area contributed by atoms with Crippen LogP contribution in [0.15, 0.2) is 54.6 Å². The van der Waals surface area contributed by atoms with Crippen molar-refractivity contribution in [1.82, 2.24) is 10.6 Å². The van der Waals surface area contributed by atoms with Crippen LogP contribution in [0.4, 0.5) is 4.79 Å². The highest BCUT2D eigenvalue weighted by Gasteiger charge is 2.19. The first-order valence-electron chi connectivity index (χ1n) is 10.8. The Labute approximate surface area is 189 Å². The second-order valence-corrected chi connectivity index (χ2v) is 7.61. The van der Waals surface area contributed by atoms with Crippen molar-refractivity contribution in [2.75, 3.05) is 13.7 Å². The number of unbranched alkanes of at least 4 members (excludes halogenated alkanes) is 2. The third kappa shape index (κ3) is 9.64. The zero-order chi connectivity index (χ0) is 23.2. The number of carbonyl (C=O) groups excluding carboxylic acids is 3. The number of amides is 2. The van der Waals surface area contributed by atoms with Gasteiger partial charge in [0.1, 0.15) is 6.61 Å². The van der Waals surface area contributed by atoms with Crippen LogP contribution in [0.1, 0.15) is 54.8 Å². The fraction of sp³-hybridized carbons (Fsp3) is 0.400. The van der Waals surface area contributed by atoms with Gasteiger partial charge >= 0.3 is 12.1 Å². The number of alkyl carbamates (subject to hydrolysis) is 1. The average Bonchev–Trinajstić information content (AvgIpc) is 2.80. The fourth-order valence-corrected chi connectivity index (χ4v) is 3.12. The minimum absolute atomic E-state index is 0.103. The quantitative estimate of drug-likeness (QED) is 0.381. The van der Waals surface area contributed by atoms with E-state index in [0.29, 0.717) is 13.0 Å². The van der Waals surface area contributed by atoms with Crippen molar-refractivity contribution in [3.8, 4) is 0 Å². The van der Waals surface area contributed by atoms with Crippen molar-refractivity contribution < 1.29 is 23.9 Å². The lowest BCUT2D eigenvalue weighted by atomic mass is 10.0. The lowest BCUT2D eigenvalue weighted by Crippen LogP contribution is -2.34. The van der Waals surface area contributed by atoms with E-state index in [-0.39, 0.29) is 24.9 Å². The smallest absolute Gasteiger partial charge is 0.407 e. The highest BCUT2D eigenvalue weighted by Crippen LogP contribution is 2.18. The fourth-order valence-electron chi connectivity index (χ4n) is 3.12. The number of esters is 1. The maximum absolute atomic E-state index is 12.5. The van der Waals surface area contributed by atoms with Gasteiger partial charge in [-0.2, -0.15) is 0 Å². The van der Waals surface area contributed by atoms with Crippen molar-refractivity contribution >= 4 is 18.0 Å². The van der Waals surface area contributed by atoms with E-state index in [1.807, 2.05) is 61.5 Å². The number of hydrogen-bond acceptors (Lipinski definition) is 5. The van der Waals surface area contributed by atoms with Crippen molar-refractivity contribution in [3.05, 3.63) is 71.3 Å². The van der Waals surface area contributed by atoms with Crippen LogP contribution in [0.5, 0.6) is 0 Å². The minimum Gasteiger partial charge on any atom is -0.469 e. The Kier molecular flexibility index (Phi) is 10.8. The molecule has 1 unspecified atom stereocenters. The number of ether oxygens (including phenoxy) is 2. The van der Waals surface area contributed by atoms with Crippen LogP contribution >= 0.6 is 0 Å². The van der Waals surface area contributed by atoms with E-state index in [2.05, 4.69) is 15.4 Å². The van der Waals surface area contributed by atoms with Gasteiger partial charge in [-0.05, 0) is 30.9 Å². The maximum Gasteiger partial charge on any atom is 0.407 e. The standard InChI is InChI=1S/C25H32N2O5/c1-19-12-14-21(15-13-19)22(27-25(30)32-18-20-9-5-3-6-10-20)17-23(28)26-16-8-4-7-11-24(29)31-2/h3,5-6,9-10,12-15,22H,4,7-8,11,16-18H2,1-2H3,(H,26,28)(H,27,30). The summed E-state index contributed by atoms with van der Waals surface area (Å²) in [6, 6.07) is 16.6. The predicted octanol–water partition coefficient (Wildman–Crippen LogP) is 4.20. The van der Waals surface area contributed by atoms with Gasteiger partial charge in [0.05, 0.1) is 19.6 Å². The van der Waals surface area contributed by atoms with Gasteiger partial charge in [0.25, 0.3) is 0 Å². The number of hydrogen-bond donors (Lipinski definition) is 2. The first-order chi connectivity index (χ1) is 15.5. The van der Waals surface area contributed by atoms with Gasteiger partial charge in [0.2, 0.25) is 5.91 Å². The van der Waals surface area contributed by atoms with Gasteiger partial charge in [-0.3, -0.25) is 9.59 Å². The molecular weight excluding hydrogens is 408 g/mol. The average molecular weight is 441 g/mol.